The van der Waals surface area contributed by atoms with Crippen LogP contribution in [0.5, 0.6) is 0 Å². The molecule has 1 aromatic rings. The van der Waals surface area contributed by atoms with Crippen LogP contribution in [-0.2, 0) is 0 Å². The Morgan fingerprint density at radius 3 is 2.79 bits per heavy atom. The fourth-order valence-electron chi connectivity index (χ4n) is 1.16. The van der Waals surface area contributed by atoms with Crippen molar-refractivity contribution in [2.45, 2.75) is 33.1 Å². The van der Waals surface area contributed by atoms with Crippen molar-refractivity contribution in [1.29, 1.82) is 0 Å². The van der Waals surface area contributed by atoms with E-state index in [4.69, 9.17) is 0 Å². The average Bonchev–Trinajstić information content (AvgIpc) is 2.59. The van der Waals surface area contributed by atoms with Gasteiger partial charge in [-0.1, -0.05) is 19.8 Å². The second-order valence-electron chi connectivity index (χ2n) is 3.22. The van der Waals surface area contributed by atoms with Gasteiger partial charge in [-0.15, -0.1) is 0 Å². The second kappa shape index (κ2) is 5.36. The summed E-state index contributed by atoms with van der Waals surface area (Å²) < 4.78 is 0. The van der Waals surface area contributed by atoms with Crippen LogP contribution in [0, 0.1) is 6.92 Å². The minimum atomic E-state index is -0.146. The molecule has 0 aromatic carbocycles. The first-order valence-corrected chi connectivity index (χ1v) is 4.91. The first-order valence-electron chi connectivity index (χ1n) is 4.91. The molecule has 5 nitrogen and oxygen atoms in total. The highest BCUT2D eigenvalue weighted by Crippen LogP contribution is 1.98. The van der Waals surface area contributed by atoms with E-state index in [1.165, 1.54) is 0 Å². The molecule has 14 heavy (non-hydrogen) atoms. The molecule has 0 bridgehead atoms. The number of carbonyl (C=O) groups excluding carboxylic acids is 1. The number of hydrogen-bond acceptors (Lipinski definition) is 3. The van der Waals surface area contributed by atoms with Crippen molar-refractivity contribution in [2.24, 2.45) is 0 Å². The fraction of sp³-hybridized carbons (Fsp3) is 0.667. The van der Waals surface area contributed by atoms with Crippen LogP contribution in [-0.4, -0.2) is 27.9 Å². The summed E-state index contributed by atoms with van der Waals surface area (Å²) in [6.07, 6.45) is 3.30. The number of nitrogens with one attached hydrogen (secondary N) is 2. The number of hydrogen-bond donors (Lipinski definition) is 2. The number of nitrogens with zero attached hydrogens (tertiary/aromatic N) is 2. The summed E-state index contributed by atoms with van der Waals surface area (Å²) in [4.78, 5) is 11.5. The van der Waals surface area contributed by atoms with E-state index in [0.29, 0.717) is 17.9 Å². The van der Waals surface area contributed by atoms with Gasteiger partial charge in [0.05, 0.1) is 5.69 Å². The molecular formula is C9H16N4O. The zero-order valence-electron chi connectivity index (χ0n) is 8.63. The van der Waals surface area contributed by atoms with E-state index in [1.807, 2.05) is 0 Å². The van der Waals surface area contributed by atoms with Crippen LogP contribution in [0.3, 0.4) is 0 Å². The van der Waals surface area contributed by atoms with Crippen LogP contribution in [0.2, 0.25) is 0 Å². The van der Waals surface area contributed by atoms with Gasteiger partial charge in [-0.2, -0.15) is 15.4 Å². The van der Waals surface area contributed by atoms with Crippen LogP contribution in [0.4, 0.5) is 0 Å². The van der Waals surface area contributed by atoms with Crippen LogP contribution in [0.15, 0.2) is 0 Å². The molecule has 0 radical (unpaired) electrons. The smallest absolute Gasteiger partial charge is 0.273 e. The molecule has 1 heterocycles. The summed E-state index contributed by atoms with van der Waals surface area (Å²) in [5.41, 5.74) is 1.03. The molecular weight excluding hydrogens is 180 g/mol. The Morgan fingerprint density at radius 1 is 1.43 bits per heavy atom. The lowest BCUT2D eigenvalue weighted by Gasteiger charge is -2.01. The monoisotopic (exact) mass is 196 g/mol. The lowest BCUT2D eigenvalue weighted by molar-refractivity contribution is 0.0947. The summed E-state index contributed by atoms with van der Waals surface area (Å²) in [6, 6.07) is 0. The average molecular weight is 196 g/mol. The van der Waals surface area contributed by atoms with E-state index in [1.54, 1.807) is 6.92 Å². The highest BCUT2D eigenvalue weighted by atomic mass is 16.1. The maximum Gasteiger partial charge on any atom is 0.273 e. The summed E-state index contributed by atoms with van der Waals surface area (Å²) in [6.45, 7) is 4.59. The normalized spacial score (nSPS) is 10.1. The van der Waals surface area contributed by atoms with Crippen molar-refractivity contribution in [2.75, 3.05) is 6.54 Å². The highest BCUT2D eigenvalue weighted by molar-refractivity contribution is 5.92. The largest absolute Gasteiger partial charge is 0.351 e. The van der Waals surface area contributed by atoms with Gasteiger partial charge in [0.1, 0.15) is 0 Å². The molecule has 1 rings (SSSR count). The maximum absolute atomic E-state index is 11.5. The quantitative estimate of drug-likeness (QED) is 0.691. The van der Waals surface area contributed by atoms with Gasteiger partial charge < -0.3 is 5.32 Å². The summed E-state index contributed by atoms with van der Waals surface area (Å²) in [7, 11) is 0. The molecule has 0 saturated carbocycles. The van der Waals surface area contributed by atoms with Crippen molar-refractivity contribution in [3.8, 4) is 0 Å². The molecule has 0 saturated heterocycles. The zero-order valence-corrected chi connectivity index (χ0v) is 8.63. The Hall–Kier alpha value is -1.39. The van der Waals surface area contributed by atoms with Gasteiger partial charge in [0, 0.05) is 6.54 Å². The van der Waals surface area contributed by atoms with E-state index in [9.17, 15) is 4.79 Å². The predicted molar refractivity (Wildman–Crippen MR) is 53.0 cm³/mol. The van der Waals surface area contributed by atoms with Gasteiger partial charge in [0.2, 0.25) is 0 Å². The Bertz CT molecular complexity index is 295. The molecule has 0 aliphatic heterocycles. The molecule has 1 aromatic heterocycles. The number of amides is 1. The predicted octanol–water partition coefficient (Wildman–Crippen LogP) is 1.03. The molecule has 0 aliphatic rings. The van der Waals surface area contributed by atoms with Gasteiger partial charge in [-0.3, -0.25) is 4.79 Å². The lowest BCUT2D eigenvalue weighted by atomic mass is 10.2. The third-order valence-electron chi connectivity index (χ3n) is 2.00. The van der Waals surface area contributed by atoms with Crippen LogP contribution in [0.1, 0.15) is 42.4 Å². The van der Waals surface area contributed by atoms with Crippen molar-refractivity contribution >= 4 is 5.91 Å². The number of carbonyl (C=O) groups is 1. The maximum atomic E-state index is 11.5. The van der Waals surface area contributed by atoms with Crippen molar-refractivity contribution in [1.82, 2.24) is 20.7 Å². The third kappa shape index (κ3) is 2.83. The molecule has 0 fully saturated rings. The van der Waals surface area contributed by atoms with Crippen LogP contribution >= 0.6 is 0 Å². The van der Waals surface area contributed by atoms with Gasteiger partial charge in [0.15, 0.2) is 5.69 Å². The number of rotatable bonds is 5. The molecule has 0 aliphatic carbocycles. The van der Waals surface area contributed by atoms with E-state index >= 15 is 0 Å². The molecule has 2 N–H and O–H groups in total. The molecule has 0 atom stereocenters. The number of aromatic nitrogens is 3. The van der Waals surface area contributed by atoms with E-state index in [0.717, 1.165) is 19.3 Å². The SMILES string of the molecule is CCCCCNC(=O)c1n[nH]nc1C. The first-order chi connectivity index (χ1) is 6.75. The minimum Gasteiger partial charge on any atom is -0.351 e. The van der Waals surface area contributed by atoms with E-state index < -0.39 is 0 Å². The van der Waals surface area contributed by atoms with Crippen molar-refractivity contribution in [3.63, 3.8) is 0 Å². The van der Waals surface area contributed by atoms with Gasteiger partial charge >= 0.3 is 0 Å². The molecule has 1 amide bonds. The minimum absolute atomic E-state index is 0.146. The zero-order chi connectivity index (χ0) is 10.4. The van der Waals surface area contributed by atoms with Gasteiger partial charge in [-0.05, 0) is 13.3 Å². The number of aromatic amines is 1. The Balaban J connectivity index is 2.32. The van der Waals surface area contributed by atoms with Crippen LogP contribution < -0.4 is 5.32 Å². The Labute approximate surface area is 83.3 Å². The van der Waals surface area contributed by atoms with Gasteiger partial charge in [0.25, 0.3) is 5.91 Å². The second-order valence-corrected chi connectivity index (χ2v) is 3.22. The highest BCUT2D eigenvalue weighted by Gasteiger charge is 2.11. The summed E-state index contributed by atoms with van der Waals surface area (Å²) >= 11 is 0. The van der Waals surface area contributed by atoms with E-state index in [-0.39, 0.29) is 5.91 Å². The van der Waals surface area contributed by atoms with Crippen molar-refractivity contribution < 1.29 is 4.79 Å². The molecule has 0 spiro atoms. The molecule has 0 unspecified atom stereocenters. The van der Waals surface area contributed by atoms with E-state index in [2.05, 4.69) is 27.7 Å². The fourth-order valence-corrected chi connectivity index (χ4v) is 1.16. The topological polar surface area (TPSA) is 70.7 Å². The number of H-pyrrole nitrogens is 1. The third-order valence-corrected chi connectivity index (χ3v) is 2.00. The first kappa shape index (κ1) is 10.7. The summed E-state index contributed by atoms with van der Waals surface area (Å²) in [5.74, 6) is -0.146. The standard InChI is InChI=1S/C9H16N4O/c1-3-4-5-6-10-9(14)8-7(2)11-13-12-8/h3-6H2,1-2H3,(H,10,14)(H,11,12,13). The Morgan fingerprint density at radius 2 is 2.21 bits per heavy atom. The lowest BCUT2D eigenvalue weighted by Crippen LogP contribution is -2.25. The number of unbranched alkanes of at least 4 members (excludes halogenated alkanes) is 2. The number of aryl methyl sites for hydroxylation is 1. The Kier molecular flexibility index (Phi) is 4.10. The molecule has 5 heteroatoms. The molecule has 78 valence electrons. The summed E-state index contributed by atoms with van der Waals surface area (Å²) in [5, 5.41) is 12.8. The van der Waals surface area contributed by atoms with Crippen molar-refractivity contribution in [3.05, 3.63) is 11.4 Å². The van der Waals surface area contributed by atoms with Crippen LogP contribution in [0.25, 0.3) is 0 Å². The van der Waals surface area contributed by atoms with Gasteiger partial charge in [-0.25, -0.2) is 0 Å².